The van der Waals surface area contributed by atoms with Crippen LogP contribution in [0.4, 0.5) is 0 Å². The van der Waals surface area contributed by atoms with Crippen molar-refractivity contribution in [1.29, 1.82) is 0 Å². The van der Waals surface area contributed by atoms with E-state index in [0.29, 0.717) is 49.7 Å². The van der Waals surface area contributed by atoms with Gasteiger partial charge in [-0.15, -0.1) is 0 Å². The molecule has 0 aromatic carbocycles. The van der Waals surface area contributed by atoms with Gasteiger partial charge in [-0.05, 0) is 43.7 Å². The first-order valence-corrected chi connectivity index (χ1v) is 9.43. The van der Waals surface area contributed by atoms with E-state index in [1.54, 1.807) is 0 Å². The van der Waals surface area contributed by atoms with E-state index >= 15 is 0 Å². The smallest absolute Gasteiger partial charge is 0.166 e. The molecule has 0 rings (SSSR count). The summed E-state index contributed by atoms with van der Waals surface area (Å²) in [5.41, 5.74) is 0. The lowest BCUT2D eigenvalue weighted by Gasteiger charge is -2.11. The molecule has 0 unspecified atom stereocenters. The second-order valence-electron chi connectivity index (χ2n) is 5.10. The average molecular weight is 397 g/mol. The van der Waals surface area contributed by atoms with Gasteiger partial charge in [0.2, 0.25) is 0 Å². The molecule has 0 atom stereocenters. The Kier molecular flexibility index (Phi) is 18.9. The number of unbranched alkanes of at least 4 members (excludes halogenated alkanes) is 2. The molecule has 0 aliphatic heterocycles. The number of nitrogens with one attached hydrogen (secondary N) is 4. The maximum absolute atomic E-state index is 8.57. The van der Waals surface area contributed by atoms with E-state index in [-0.39, 0.29) is 13.2 Å². The Morgan fingerprint density at radius 1 is 0.600 bits per heavy atom. The maximum atomic E-state index is 8.57. The molecule has 0 aromatic heterocycles. The molecule has 0 saturated heterocycles. The van der Waals surface area contributed by atoms with E-state index in [0.717, 1.165) is 32.4 Å². The van der Waals surface area contributed by atoms with Gasteiger partial charge in [-0.3, -0.25) is 0 Å². The number of rotatable bonds is 16. The van der Waals surface area contributed by atoms with Gasteiger partial charge in [0.15, 0.2) is 10.2 Å². The maximum Gasteiger partial charge on any atom is 0.166 e. The van der Waals surface area contributed by atoms with Crippen molar-refractivity contribution >= 4 is 34.7 Å². The first-order chi connectivity index (χ1) is 12.2. The molecule has 0 aliphatic carbocycles. The Bertz CT molecular complexity index is 309. The number of hydrogen-bond acceptors (Lipinski definition) is 6. The predicted octanol–water partition coefficient (Wildman–Crippen LogP) is -0.897. The number of ether oxygens (including phenoxy) is 2. The standard InChI is InChI=1S/C15H32N4O4S2/c20-8-12-22-10-6-18-14(24)16-4-2-1-3-5-17-15(25)19-7-11-23-13-9-21/h20-21H,1-13H2,(H2,16,18,24)(H2,17,19,25). The van der Waals surface area contributed by atoms with Gasteiger partial charge in [-0.2, -0.15) is 0 Å². The highest BCUT2D eigenvalue weighted by molar-refractivity contribution is 7.80. The zero-order valence-electron chi connectivity index (χ0n) is 14.7. The van der Waals surface area contributed by atoms with Crippen LogP contribution in [0.1, 0.15) is 19.3 Å². The van der Waals surface area contributed by atoms with E-state index in [2.05, 4.69) is 21.3 Å². The lowest BCUT2D eigenvalue weighted by atomic mass is 10.2. The molecule has 148 valence electrons. The SMILES string of the molecule is OCCOCCNC(=S)NCCCCCNC(=S)NCCOCCO. The van der Waals surface area contributed by atoms with Gasteiger partial charge in [0.05, 0.1) is 39.6 Å². The first-order valence-electron chi connectivity index (χ1n) is 8.61. The molecule has 0 radical (unpaired) electrons. The number of hydrogen-bond donors (Lipinski definition) is 6. The normalized spacial score (nSPS) is 10.3. The molecule has 10 heteroatoms. The molecule has 0 aromatic rings. The Balaban J connectivity index is 3.26. The molecule has 0 spiro atoms. The third-order valence-corrected chi connectivity index (χ3v) is 3.54. The fraction of sp³-hybridized carbons (Fsp3) is 0.867. The molecule has 8 nitrogen and oxygen atoms in total. The van der Waals surface area contributed by atoms with Crippen molar-refractivity contribution in [2.75, 3.05) is 65.8 Å². The van der Waals surface area contributed by atoms with Crippen LogP contribution >= 0.6 is 24.4 Å². The summed E-state index contributed by atoms with van der Waals surface area (Å²) in [4.78, 5) is 0. The zero-order valence-corrected chi connectivity index (χ0v) is 16.4. The fourth-order valence-corrected chi connectivity index (χ4v) is 2.17. The molecule has 25 heavy (non-hydrogen) atoms. The molecule has 0 amide bonds. The van der Waals surface area contributed by atoms with E-state index in [1.807, 2.05) is 0 Å². The minimum atomic E-state index is 0.0391. The highest BCUT2D eigenvalue weighted by Crippen LogP contribution is 1.92. The Morgan fingerprint density at radius 2 is 1.00 bits per heavy atom. The first kappa shape index (κ1) is 24.2. The quantitative estimate of drug-likeness (QED) is 0.145. The highest BCUT2D eigenvalue weighted by Gasteiger charge is 1.97. The van der Waals surface area contributed by atoms with Gasteiger partial charge in [-0.25, -0.2) is 0 Å². The minimum Gasteiger partial charge on any atom is -0.394 e. The van der Waals surface area contributed by atoms with Crippen LogP contribution in [0.5, 0.6) is 0 Å². The molecule has 0 heterocycles. The molecular formula is C15H32N4O4S2. The van der Waals surface area contributed by atoms with Crippen LogP contribution in [0.25, 0.3) is 0 Å². The van der Waals surface area contributed by atoms with Crippen molar-refractivity contribution in [2.45, 2.75) is 19.3 Å². The summed E-state index contributed by atoms with van der Waals surface area (Å²) < 4.78 is 10.2. The van der Waals surface area contributed by atoms with Gasteiger partial charge in [0.25, 0.3) is 0 Å². The lowest BCUT2D eigenvalue weighted by molar-refractivity contribution is 0.0958. The molecular weight excluding hydrogens is 364 g/mol. The Labute approximate surface area is 161 Å². The minimum absolute atomic E-state index is 0.0391. The van der Waals surface area contributed by atoms with Crippen molar-refractivity contribution < 1.29 is 19.7 Å². The molecule has 0 bridgehead atoms. The monoisotopic (exact) mass is 396 g/mol. The van der Waals surface area contributed by atoms with E-state index < -0.39 is 0 Å². The van der Waals surface area contributed by atoms with Crippen molar-refractivity contribution in [1.82, 2.24) is 21.3 Å². The second-order valence-corrected chi connectivity index (χ2v) is 5.91. The summed E-state index contributed by atoms with van der Waals surface area (Å²) in [6.45, 7) is 4.75. The second kappa shape index (κ2) is 19.5. The number of aliphatic hydroxyl groups is 2. The van der Waals surface area contributed by atoms with Crippen LogP contribution in [0.3, 0.4) is 0 Å². The van der Waals surface area contributed by atoms with Gasteiger partial charge in [-0.1, -0.05) is 0 Å². The van der Waals surface area contributed by atoms with Crippen LogP contribution in [0.15, 0.2) is 0 Å². The van der Waals surface area contributed by atoms with Crippen molar-refractivity contribution in [3.8, 4) is 0 Å². The molecule has 0 saturated carbocycles. The van der Waals surface area contributed by atoms with E-state index in [4.69, 9.17) is 44.1 Å². The van der Waals surface area contributed by atoms with Gasteiger partial charge in [0.1, 0.15) is 0 Å². The van der Waals surface area contributed by atoms with Crippen LogP contribution in [-0.4, -0.2) is 86.3 Å². The van der Waals surface area contributed by atoms with Gasteiger partial charge >= 0.3 is 0 Å². The Morgan fingerprint density at radius 3 is 1.40 bits per heavy atom. The summed E-state index contributed by atoms with van der Waals surface area (Å²) in [5.74, 6) is 0. The third-order valence-electron chi connectivity index (χ3n) is 2.96. The summed E-state index contributed by atoms with van der Waals surface area (Å²) in [5, 5.41) is 30.8. The highest BCUT2D eigenvalue weighted by atomic mass is 32.1. The third kappa shape index (κ3) is 19.4. The van der Waals surface area contributed by atoms with Crippen LogP contribution < -0.4 is 21.3 Å². The molecule has 6 N–H and O–H groups in total. The summed E-state index contributed by atoms with van der Waals surface area (Å²) >= 11 is 10.3. The summed E-state index contributed by atoms with van der Waals surface area (Å²) in [6.07, 6.45) is 3.13. The molecule has 0 aliphatic rings. The van der Waals surface area contributed by atoms with Gasteiger partial charge < -0.3 is 41.0 Å². The van der Waals surface area contributed by atoms with Crippen LogP contribution in [0.2, 0.25) is 0 Å². The lowest BCUT2D eigenvalue weighted by Crippen LogP contribution is -2.38. The topological polar surface area (TPSA) is 107 Å². The largest absolute Gasteiger partial charge is 0.394 e. The zero-order chi connectivity index (χ0) is 18.6. The van der Waals surface area contributed by atoms with E-state index in [9.17, 15) is 0 Å². The van der Waals surface area contributed by atoms with Crippen LogP contribution in [-0.2, 0) is 9.47 Å². The van der Waals surface area contributed by atoms with Crippen LogP contribution in [0, 0.1) is 0 Å². The van der Waals surface area contributed by atoms with Crippen molar-refractivity contribution in [3.63, 3.8) is 0 Å². The fourth-order valence-electron chi connectivity index (χ4n) is 1.76. The Hall–Kier alpha value is -0.780. The summed E-state index contributed by atoms with van der Waals surface area (Å²) in [6, 6.07) is 0. The summed E-state index contributed by atoms with van der Waals surface area (Å²) in [7, 11) is 0. The van der Waals surface area contributed by atoms with Crippen molar-refractivity contribution in [3.05, 3.63) is 0 Å². The number of aliphatic hydroxyl groups excluding tert-OH is 2. The molecule has 0 fully saturated rings. The van der Waals surface area contributed by atoms with E-state index in [1.165, 1.54) is 0 Å². The van der Waals surface area contributed by atoms with Gasteiger partial charge in [0, 0.05) is 26.2 Å². The van der Waals surface area contributed by atoms with Crippen molar-refractivity contribution in [2.24, 2.45) is 0 Å². The predicted molar refractivity (Wildman–Crippen MR) is 107 cm³/mol. The average Bonchev–Trinajstić information content (AvgIpc) is 2.60. The number of thiocarbonyl (C=S) groups is 2.